The van der Waals surface area contributed by atoms with Gasteiger partial charge in [-0.2, -0.15) is 4.31 Å². The molecular weight excluding hydrogens is 614 g/mol. The number of carboxylic acid groups (broad SMARTS) is 1. The topological polar surface area (TPSA) is 117 Å². The summed E-state index contributed by atoms with van der Waals surface area (Å²) in [5, 5.41) is 10.00. The normalized spacial score (nSPS) is 20.4. The zero-order chi connectivity index (χ0) is 33.5. The molecule has 2 aromatic heterocycles. The second kappa shape index (κ2) is 12.8. The van der Waals surface area contributed by atoms with E-state index >= 15 is 0 Å². The number of fused-ring (bicyclic) bond motifs is 1. The predicted molar refractivity (Wildman–Crippen MR) is 181 cm³/mol. The molecule has 2 aromatic carbocycles. The van der Waals surface area contributed by atoms with Crippen LogP contribution in [0.4, 0.5) is 10.5 Å². The highest BCUT2D eigenvalue weighted by atomic mass is 32.2. The first-order valence-electron chi connectivity index (χ1n) is 16.2. The molecule has 2 aliphatic heterocycles. The molecule has 47 heavy (non-hydrogen) atoms. The highest BCUT2D eigenvalue weighted by molar-refractivity contribution is 7.89. The van der Waals surface area contributed by atoms with Crippen molar-refractivity contribution < 1.29 is 18.3 Å². The average molecular weight is 660 g/mol. The maximum absolute atomic E-state index is 14.6. The van der Waals surface area contributed by atoms with Crippen LogP contribution in [0.3, 0.4) is 0 Å². The number of benzene rings is 2. The summed E-state index contributed by atoms with van der Waals surface area (Å²) in [5.74, 6) is -0.0177. The molecular formula is C35H45N7O4S. The zero-order valence-corrected chi connectivity index (χ0v) is 28.6. The lowest BCUT2D eigenvalue weighted by Crippen LogP contribution is -2.55. The SMILES string of the molecule is Cn1cnc(S(=O)(=O)N(CC2CCN(C(=O)O)C(C(C)(C)C)C2)C2Cc3cc(-c4ccccc4)ccc3N(Cc3cncn3C)C2)c1. The summed E-state index contributed by atoms with van der Waals surface area (Å²) in [7, 11) is -0.257. The molecule has 0 saturated carbocycles. The minimum Gasteiger partial charge on any atom is -0.465 e. The Labute approximate surface area is 277 Å². The van der Waals surface area contributed by atoms with Crippen molar-refractivity contribution in [3.8, 4) is 11.1 Å². The second-order valence-corrected chi connectivity index (χ2v) is 16.0. The van der Waals surface area contributed by atoms with Crippen molar-refractivity contribution in [2.24, 2.45) is 25.4 Å². The van der Waals surface area contributed by atoms with Crippen LogP contribution >= 0.6 is 0 Å². The maximum Gasteiger partial charge on any atom is 0.407 e. The van der Waals surface area contributed by atoms with E-state index in [1.165, 1.54) is 11.2 Å². The van der Waals surface area contributed by atoms with E-state index in [4.69, 9.17) is 0 Å². The van der Waals surface area contributed by atoms with Gasteiger partial charge in [0.2, 0.25) is 0 Å². The molecule has 1 N–H and O–H groups in total. The lowest BCUT2D eigenvalue weighted by atomic mass is 9.77. The fraction of sp³-hybridized carbons (Fsp3) is 0.457. The Morgan fingerprint density at radius 3 is 2.47 bits per heavy atom. The van der Waals surface area contributed by atoms with Crippen LogP contribution < -0.4 is 4.90 Å². The van der Waals surface area contributed by atoms with Gasteiger partial charge in [-0.3, -0.25) is 0 Å². The van der Waals surface area contributed by atoms with Gasteiger partial charge in [-0.15, -0.1) is 0 Å². The summed E-state index contributed by atoms with van der Waals surface area (Å²) in [5.41, 5.74) is 5.08. The standard InChI is InChI=1S/C35H45N7O4S/c1-35(2,3)32-15-25(13-14-41(32)34(43)44)19-42(47(45,46)33-22-38(4)24-37-33)29-17-28-16-27(26-9-7-6-8-10-26)11-12-31(28)40(20-29)21-30-18-36-23-39(30)5/h6-12,16,18,22-25,29,32H,13-15,17,19-21H2,1-5H3,(H,43,44). The summed E-state index contributed by atoms with van der Waals surface area (Å²) in [6, 6.07) is 16.1. The molecule has 0 spiro atoms. The molecule has 250 valence electrons. The Morgan fingerprint density at radius 2 is 1.83 bits per heavy atom. The number of nitrogens with zero attached hydrogens (tertiary/aromatic N) is 7. The minimum atomic E-state index is -3.99. The number of amides is 1. The molecule has 1 fully saturated rings. The number of anilines is 1. The van der Waals surface area contributed by atoms with Crippen molar-refractivity contribution >= 4 is 21.8 Å². The van der Waals surface area contributed by atoms with E-state index in [-0.39, 0.29) is 35.0 Å². The molecule has 3 atom stereocenters. The van der Waals surface area contributed by atoms with Gasteiger partial charge in [-0.1, -0.05) is 57.2 Å². The number of rotatable bonds is 8. The van der Waals surface area contributed by atoms with Crippen LogP contribution in [-0.2, 0) is 37.1 Å². The van der Waals surface area contributed by atoms with Crippen LogP contribution in [0, 0.1) is 11.3 Å². The predicted octanol–water partition coefficient (Wildman–Crippen LogP) is 5.25. The molecule has 12 heteroatoms. The van der Waals surface area contributed by atoms with E-state index in [0.29, 0.717) is 38.9 Å². The highest BCUT2D eigenvalue weighted by Gasteiger charge is 2.43. The van der Waals surface area contributed by atoms with E-state index in [1.807, 2.05) is 36.0 Å². The van der Waals surface area contributed by atoms with E-state index in [1.54, 1.807) is 28.4 Å². The molecule has 2 aliphatic rings. The zero-order valence-electron chi connectivity index (χ0n) is 27.8. The van der Waals surface area contributed by atoms with Crippen molar-refractivity contribution in [3.05, 3.63) is 84.8 Å². The molecule has 1 amide bonds. The highest BCUT2D eigenvalue weighted by Crippen LogP contribution is 2.38. The third-order valence-electron chi connectivity index (χ3n) is 9.74. The number of hydrogen-bond acceptors (Lipinski definition) is 6. The van der Waals surface area contributed by atoms with Gasteiger partial charge >= 0.3 is 6.09 Å². The smallest absolute Gasteiger partial charge is 0.407 e. The van der Waals surface area contributed by atoms with Crippen LogP contribution in [0.15, 0.2) is 78.6 Å². The monoisotopic (exact) mass is 659 g/mol. The first-order chi connectivity index (χ1) is 22.3. The molecule has 0 aliphatic carbocycles. The number of sulfonamides is 1. The largest absolute Gasteiger partial charge is 0.465 e. The van der Waals surface area contributed by atoms with Crippen molar-refractivity contribution in [2.45, 2.75) is 63.7 Å². The number of likely N-dealkylation sites (tertiary alicyclic amines) is 1. The third kappa shape index (κ3) is 6.80. The molecule has 3 unspecified atom stereocenters. The molecule has 4 heterocycles. The van der Waals surface area contributed by atoms with Crippen molar-refractivity contribution in [3.63, 3.8) is 0 Å². The quantitative estimate of drug-likeness (QED) is 0.275. The fourth-order valence-electron chi connectivity index (χ4n) is 7.21. The average Bonchev–Trinajstić information content (AvgIpc) is 3.67. The number of carbonyl (C=O) groups is 1. The number of imidazole rings is 2. The number of hydrogen-bond donors (Lipinski definition) is 1. The summed E-state index contributed by atoms with van der Waals surface area (Å²) >= 11 is 0. The molecule has 6 rings (SSSR count). The van der Waals surface area contributed by atoms with Gasteiger partial charge in [0.05, 0.1) is 24.9 Å². The van der Waals surface area contributed by atoms with Crippen LogP contribution in [0.25, 0.3) is 11.1 Å². The van der Waals surface area contributed by atoms with Crippen LogP contribution in [0.1, 0.15) is 44.9 Å². The van der Waals surface area contributed by atoms with E-state index < -0.39 is 16.1 Å². The van der Waals surface area contributed by atoms with Gasteiger partial charge in [-0.25, -0.2) is 23.2 Å². The molecule has 0 radical (unpaired) electrons. The van der Waals surface area contributed by atoms with E-state index in [9.17, 15) is 18.3 Å². The van der Waals surface area contributed by atoms with E-state index in [2.05, 4.69) is 66.0 Å². The van der Waals surface area contributed by atoms with Gasteiger partial charge < -0.3 is 24.0 Å². The molecule has 1 saturated heterocycles. The Hall–Kier alpha value is -4.16. The first kappa shape index (κ1) is 32.8. The summed E-state index contributed by atoms with van der Waals surface area (Å²) in [4.78, 5) is 24.6. The Kier molecular flexibility index (Phi) is 8.92. The third-order valence-corrected chi connectivity index (χ3v) is 11.5. The van der Waals surface area contributed by atoms with Crippen molar-refractivity contribution in [1.82, 2.24) is 28.3 Å². The summed E-state index contributed by atoms with van der Waals surface area (Å²) < 4.78 is 34.4. The lowest BCUT2D eigenvalue weighted by Gasteiger charge is -2.46. The van der Waals surface area contributed by atoms with Gasteiger partial charge in [0.1, 0.15) is 0 Å². The molecule has 4 aromatic rings. The second-order valence-electron chi connectivity index (χ2n) is 14.1. The maximum atomic E-state index is 14.6. The van der Waals surface area contributed by atoms with Crippen molar-refractivity contribution in [2.75, 3.05) is 24.5 Å². The number of aryl methyl sites for hydroxylation is 2. The molecule has 0 bridgehead atoms. The first-order valence-corrected chi connectivity index (χ1v) is 17.6. The fourth-order valence-corrected chi connectivity index (χ4v) is 8.87. The van der Waals surface area contributed by atoms with Gasteiger partial charge in [-0.05, 0) is 59.4 Å². The Bertz CT molecular complexity index is 1830. The summed E-state index contributed by atoms with van der Waals surface area (Å²) in [6.07, 6.45) is 7.51. The lowest BCUT2D eigenvalue weighted by molar-refractivity contribution is 0.0354. The van der Waals surface area contributed by atoms with Gasteiger partial charge in [0, 0.05) is 63.9 Å². The van der Waals surface area contributed by atoms with Crippen LogP contribution in [-0.4, -0.2) is 79.6 Å². The number of aromatic nitrogens is 4. The number of piperidine rings is 1. The van der Waals surface area contributed by atoms with Crippen LogP contribution in [0.2, 0.25) is 0 Å². The minimum absolute atomic E-state index is 0.0177. The van der Waals surface area contributed by atoms with Crippen LogP contribution in [0.5, 0.6) is 0 Å². The Balaban J connectivity index is 1.40. The van der Waals surface area contributed by atoms with Gasteiger partial charge in [0.25, 0.3) is 10.0 Å². The van der Waals surface area contributed by atoms with E-state index in [0.717, 1.165) is 28.1 Å². The van der Waals surface area contributed by atoms with Crippen molar-refractivity contribution in [1.29, 1.82) is 0 Å². The molecule has 11 nitrogen and oxygen atoms in total. The van der Waals surface area contributed by atoms with Gasteiger partial charge in [0.15, 0.2) is 5.03 Å². The summed E-state index contributed by atoms with van der Waals surface area (Å²) in [6.45, 7) is 7.89. The Morgan fingerprint density at radius 1 is 1.06 bits per heavy atom.